The molecule has 0 bridgehead atoms. The Labute approximate surface area is 135 Å². The Morgan fingerprint density at radius 3 is 3.04 bits per heavy atom. The highest BCUT2D eigenvalue weighted by Crippen LogP contribution is 2.24. The zero-order chi connectivity index (χ0) is 15.6. The maximum Gasteiger partial charge on any atom is 0.181 e. The van der Waals surface area contributed by atoms with Gasteiger partial charge in [0.1, 0.15) is 0 Å². The molecule has 4 heterocycles. The second-order valence-corrected chi connectivity index (χ2v) is 6.03. The van der Waals surface area contributed by atoms with Crippen LogP contribution in [0, 0.1) is 6.92 Å². The predicted molar refractivity (Wildman–Crippen MR) is 88.9 cm³/mol. The van der Waals surface area contributed by atoms with E-state index in [0.717, 1.165) is 42.9 Å². The Kier molecular flexibility index (Phi) is 3.77. The minimum atomic E-state index is 0.368. The summed E-state index contributed by atoms with van der Waals surface area (Å²) in [5.41, 5.74) is 4.39. The van der Waals surface area contributed by atoms with E-state index in [1.165, 1.54) is 11.1 Å². The van der Waals surface area contributed by atoms with E-state index in [1.54, 1.807) is 0 Å². The summed E-state index contributed by atoms with van der Waals surface area (Å²) in [6.45, 7) is 5.93. The molecule has 1 fully saturated rings. The van der Waals surface area contributed by atoms with Gasteiger partial charge in [0.05, 0.1) is 0 Å². The molecule has 1 aliphatic rings. The molecule has 2 N–H and O–H groups in total. The van der Waals surface area contributed by atoms with Crippen LogP contribution in [0.4, 0.5) is 0 Å². The fraction of sp³-hybridized carbons (Fsp3) is 0.353. The number of fused-ring (bicyclic) bond motifs is 1. The quantitative estimate of drug-likeness (QED) is 0.772. The molecule has 0 aliphatic carbocycles. The van der Waals surface area contributed by atoms with Crippen LogP contribution in [-0.4, -0.2) is 44.7 Å². The van der Waals surface area contributed by atoms with Crippen molar-refractivity contribution in [3.63, 3.8) is 0 Å². The molecular weight excluding hydrogens is 288 g/mol. The Morgan fingerprint density at radius 2 is 2.17 bits per heavy atom. The topological polar surface area (TPSA) is 69.7 Å². The van der Waals surface area contributed by atoms with Gasteiger partial charge in [0.25, 0.3) is 0 Å². The zero-order valence-corrected chi connectivity index (χ0v) is 13.2. The van der Waals surface area contributed by atoms with Crippen molar-refractivity contribution in [1.29, 1.82) is 0 Å². The number of aromatic amines is 1. The van der Waals surface area contributed by atoms with E-state index >= 15 is 0 Å². The van der Waals surface area contributed by atoms with Gasteiger partial charge in [0, 0.05) is 61.9 Å². The van der Waals surface area contributed by atoms with E-state index in [9.17, 15) is 0 Å². The van der Waals surface area contributed by atoms with Crippen molar-refractivity contribution >= 4 is 11.0 Å². The van der Waals surface area contributed by atoms with Crippen LogP contribution in [0.2, 0.25) is 0 Å². The van der Waals surface area contributed by atoms with E-state index in [4.69, 9.17) is 0 Å². The Balaban J connectivity index is 1.60. The zero-order valence-electron chi connectivity index (χ0n) is 13.2. The number of rotatable bonds is 3. The van der Waals surface area contributed by atoms with Crippen LogP contribution in [0.25, 0.3) is 11.0 Å². The summed E-state index contributed by atoms with van der Waals surface area (Å²) in [4.78, 5) is 11.1. The Bertz CT molecular complexity index is 797. The first-order chi connectivity index (χ1) is 11.3. The van der Waals surface area contributed by atoms with Gasteiger partial charge in [-0.1, -0.05) is 0 Å². The molecule has 0 spiro atoms. The molecule has 0 amide bonds. The second kappa shape index (κ2) is 6.06. The number of aryl methyl sites for hydroxylation is 1. The average molecular weight is 308 g/mol. The summed E-state index contributed by atoms with van der Waals surface area (Å²) in [6.07, 6.45) is 5.67. The van der Waals surface area contributed by atoms with Crippen LogP contribution in [-0.2, 0) is 6.54 Å². The third-order valence-corrected chi connectivity index (χ3v) is 4.49. The van der Waals surface area contributed by atoms with E-state index in [1.807, 2.05) is 25.5 Å². The molecule has 3 aromatic heterocycles. The SMILES string of the molecule is Cc1[nH]nc2ncc(CN3CCNCC3c3ccncc3)cc12. The van der Waals surface area contributed by atoms with Gasteiger partial charge in [-0.2, -0.15) is 5.10 Å². The molecule has 0 saturated carbocycles. The average Bonchev–Trinajstić information content (AvgIpc) is 2.97. The number of aromatic nitrogens is 4. The van der Waals surface area contributed by atoms with Gasteiger partial charge < -0.3 is 5.32 Å². The van der Waals surface area contributed by atoms with E-state index in [-0.39, 0.29) is 0 Å². The molecule has 6 nitrogen and oxygen atoms in total. The van der Waals surface area contributed by atoms with E-state index in [0.29, 0.717) is 6.04 Å². The highest BCUT2D eigenvalue weighted by atomic mass is 15.2. The third-order valence-electron chi connectivity index (χ3n) is 4.49. The number of H-pyrrole nitrogens is 1. The van der Waals surface area contributed by atoms with Crippen LogP contribution in [0.15, 0.2) is 36.8 Å². The molecule has 6 heteroatoms. The lowest BCUT2D eigenvalue weighted by Gasteiger charge is -2.36. The predicted octanol–water partition coefficient (Wildman–Crippen LogP) is 1.81. The van der Waals surface area contributed by atoms with E-state index < -0.39 is 0 Å². The fourth-order valence-corrected chi connectivity index (χ4v) is 3.23. The van der Waals surface area contributed by atoms with Crippen LogP contribution < -0.4 is 5.32 Å². The van der Waals surface area contributed by atoms with Gasteiger partial charge in [-0.05, 0) is 36.2 Å². The largest absolute Gasteiger partial charge is 0.314 e. The first kappa shape index (κ1) is 14.3. The van der Waals surface area contributed by atoms with Crippen LogP contribution in [0.5, 0.6) is 0 Å². The lowest BCUT2D eigenvalue weighted by Crippen LogP contribution is -2.45. The van der Waals surface area contributed by atoms with Gasteiger partial charge in [-0.25, -0.2) is 4.98 Å². The molecule has 4 rings (SSSR count). The summed E-state index contributed by atoms with van der Waals surface area (Å²) in [5.74, 6) is 0. The van der Waals surface area contributed by atoms with Gasteiger partial charge in [0.2, 0.25) is 0 Å². The lowest BCUT2D eigenvalue weighted by molar-refractivity contribution is 0.153. The molecule has 118 valence electrons. The van der Waals surface area contributed by atoms with Gasteiger partial charge in [-0.3, -0.25) is 15.0 Å². The molecule has 0 aromatic carbocycles. The van der Waals surface area contributed by atoms with Crippen LogP contribution >= 0.6 is 0 Å². The Hall–Kier alpha value is -2.31. The highest BCUT2D eigenvalue weighted by Gasteiger charge is 2.23. The monoisotopic (exact) mass is 308 g/mol. The summed E-state index contributed by atoms with van der Waals surface area (Å²) < 4.78 is 0. The van der Waals surface area contributed by atoms with Crippen molar-refractivity contribution in [2.45, 2.75) is 19.5 Å². The number of nitrogens with zero attached hydrogens (tertiary/aromatic N) is 4. The minimum absolute atomic E-state index is 0.368. The number of hydrogen-bond acceptors (Lipinski definition) is 5. The van der Waals surface area contributed by atoms with Crippen molar-refractivity contribution < 1.29 is 0 Å². The fourth-order valence-electron chi connectivity index (χ4n) is 3.23. The smallest absolute Gasteiger partial charge is 0.181 e. The van der Waals surface area contributed by atoms with Crippen molar-refractivity contribution in [2.24, 2.45) is 0 Å². The molecule has 1 unspecified atom stereocenters. The summed E-state index contributed by atoms with van der Waals surface area (Å²) in [6, 6.07) is 6.78. The van der Waals surface area contributed by atoms with Gasteiger partial charge in [0.15, 0.2) is 5.65 Å². The van der Waals surface area contributed by atoms with Crippen molar-refractivity contribution in [1.82, 2.24) is 30.4 Å². The number of pyridine rings is 2. The summed E-state index contributed by atoms with van der Waals surface area (Å²) in [5, 5.41) is 11.8. The first-order valence-corrected chi connectivity index (χ1v) is 7.95. The van der Waals surface area contributed by atoms with Crippen molar-refractivity contribution in [2.75, 3.05) is 19.6 Å². The van der Waals surface area contributed by atoms with Crippen molar-refractivity contribution in [3.8, 4) is 0 Å². The summed E-state index contributed by atoms with van der Waals surface area (Å²) in [7, 11) is 0. The number of nitrogens with one attached hydrogen (secondary N) is 2. The maximum absolute atomic E-state index is 4.47. The molecule has 0 radical (unpaired) electrons. The first-order valence-electron chi connectivity index (χ1n) is 7.95. The van der Waals surface area contributed by atoms with Gasteiger partial charge >= 0.3 is 0 Å². The van der Waals surface area contributed by atoms with Crippen LogP contribution in [0.1, 0.15) is 22.9 Å². The standard InChI is InChI=1S/C17H20N6/c1-12-15-8-13(9-20-17(15)22-21-12)11-23-7-6-19-10-16(23)14-2-4-18-5-3-14/h2-5,8-9,16,19H,6-7,10-11H2,1H3,(H,20,21,22). The molecule has 23 heavy (non-hydrogen) atoms. The van der Waals surface area contributed by atoms with Gasteiger partial charge in [-0.15, -0.1) is 0 Å². The van der Waals surface area contributed by atoms with E-state index in [2.05, 4.69) is 48.6 Å². The maximum atomic E-state index is 4.47. The molecule has 3 aromatic rings. The number of piperazine rings is 1. The third kappa shape index (κ3) is 2.83. The molecule has 1 atom stereocenters. The molecule has 1 aliphatic heterocycles. The normalized spacial score (nSPS) is 19.3. The second-order valence-electron chi connectivity index (χ2n) is 6.03. The van der Waals surface area contributed by atoms with Crippen LogP contribution in [0.3, 0.4) is 0 Å². The van der Waals surface area contributed by atoms with Crippen molar-refractivity contribution in [3.05, 3.63) is 53.6 Å². The number of hydrogen-bond donors (Lipinski definition) is 2. The minimum Gasteiger partial charge on any atom is -0.314 e. The highest BCUT2D eigenvalue weighted by molar-refractivity contribution is 5.77. The Morgan fingerprint density at radius 1 is 1.30 bits per heavy atom. The lowest BCUT2D eigenvalue weighted by atomic mass is 10.0. The molecular formula is C17H20N6. The molecule has 1 saturated heterocycles. The summed E-state index contributed by atoms with van der Waals surface area (Å²) >= 11 is 0.